The number of hydrogen-bond acceptors (Lipinski definition) is 7. The first-order valence-corrected chi connectivity index (χ1v) is 10.5. The Labute approximate surface area is 175 Å². The Bertz CT molecular complexity index is 974. The van der Waals surface area contributed by atoms with Crippen molar-refractivity contribution < 1.29 is 14.3 Å². The van der Waals surface area contributed by atoms with Gasteiger partial charge < -0.3 is 14.4 Å². The zero-order valence-electron chi connectivity index (χ0n) is 17.6. The molecule has 3 aromatic heterocycles. The smallest absolute Gasteiger partial charge is 0.433 e. The minimum Gasteiger partial charge on any atom is -0.433 e. The lowest BCUT2D eigenvalue weighted by Crippen LogP contribution is -2.30. The van der Waals surface area contributed by atoms with Crippen LogP contribution in [-0.2, 0) is 16.0 Å². The van der Waals surface area contributed by atoms with Gasteiger partial charge in [-0.25, -0.2) is 4.79 Å². The Morgan fingerprint density at radius 2 is 2.10 bits per heavy atom. The van der Waals surface area contributed by atoms with Gasteiger partial charge in [0, 0.05) is 35.9 Å². The highest BCUT2D eigenvalue weighted by Crippen LogP contribution is 2.33. The number of pyridine rings is 1. The molecule has 0 aliphatic heterocycles. The van der Waals surface area contributed by atoms with Crippen molar-refractivity contribution in [2.45, 2.75) is 39.8 Å². The van der Waals surface area contributed by atoms with Gasteiger partial charge in [-0.2, -0.15) is 5.10 Å². The molecule has 156 valence electrons. The van der Waals surface area contributed by atoms with Gasteiger partial charge in [-0.05, 0) is 52.4 Å². The van der Waals surface area contributed by atoms with Gasteiger partial charge in [-0.15, -0.1) is 11.3 Å². The second-order valence-electron chi connectivity index (χ2n) is 8.06. The monoisotopic (exact) mass is 416 g/mol. The third-order valence-electron chi connectivity index (χ3n) is 4.32. The van der Waals surface area contributed by atoms with E-state index in [9.17, 15) is 4.79 Å². The molecule has 0 bridgehead atoms. The SMILES string of the molecule is Cc1ccnc2cc(-c3cnn(CCN(C)CCOC(=O)OC(C)(C)C)c3)sc12. The van der Waals surface area contributed by atoms with Gasteiger partial charge >= 0.3 is 6.16 Å². The Morgan fingerprint density at radius 1 is 1.31 bits per heavy atom. The molecule has 0 unspecified atom stereocenters. The van der Waals surface area contributed by atoms with E-state index in [-0.39, 0.29) is 0 Å². The molecule has 8 heteroatoms. The highest BCUT2D eigenvalue weighted by atomic mass is 32.1. The number of carbonyl (C=O) groups is 1. The Kier molecular flexibility index (Phi) is 6.54. The van der Waals surface area contributed by atoms with Crippen molar-refractivity contribution in [2.24, 2.45) is 0 Å². The van der Waals surface area contributed by atoms with Crippen LogP contribution in [0.3, 0.4) is 0 Å². The number of likely N-dealkylation sites (N-methyl/N-ethyl adjacent to an activating group) is 1. The maximum absolute atomic E-state index is 11.6. The molecule has 3 aromatic rings. The topological polar surface area (TPSA) is 69.5 Å². The molecular formula is C21H28N4O3S. The number of ether oxygens (including phenoxy) is 2. The third-order valence-corrected chi connectivity index (χ3v) is 5.63. The molecule has 0 fully saturated rings. The number of fused-ring (bicyclic) bond motifs is 1. The van der Waals surface area contributed by atoms with Crippen molar-refractivity contribution >= 4 is 27.7 Å². The van der Waals surface area contributed by atoms with Crippen molar-refractivity contribution in [1.82, 2.24) is 19.7 Å². The van der Waals surface area contributed by atoms with E-state index in [1.807, 2.05) is 51.0 Å². The van der Waals surface area contributed by atoms with Gasteiger partial charge in [0.1, 0.15) is 12.2 Å². The van der Waals surface area contributed by atoms with Crippen LogP contribution >= 0.6 is 11.3 Å². The molecule has 0 amide bonds. The van der Waals surface area contributed by atoms with Crippen LogP contribution in [-0.4, -0.2) is 58.2 Å². The molecule has 0 aliphatic carbocycles. The van der Waals surface area contributed by atoms with E-state index >= 15 is 0 Å². The number of aryl methyl sites for hydroxylation is 1. The lowest BCUT2D eigenvalue weighted by Gasteiger charge is -2.20. The Balaban J connectivity index is 1.47. The Hall–Kier alpha value is -2.45. The van der Waals surface area contributed by atoms with E-state index in [1.165, 1.54) is 15.1 Å². The molecule has 3 rings (SSSR count). The molecule has 7 nitrogen and oxygen atoms in total. The molecule has 0 N–H and O–H groups in total. The third kappa shape index (κ3) is 6.01. The quantitative estimate of drug-likeness (QED) is 0.533. The minimum atomic E-state index is -0.629. The van der Waals surface area contributed by atoms with Crippen LogP contribution < -0.4 is 0 Å². The average molecular weight is 417 g/mol. The first kappa shape index (κ1) is 21.3. The van der Waals surface area contributed by atoms with E-state index in [0.29, 0.717) is 13.2 Å². The van der Waals surface area contributed by atoms with E-state index in [2.05, 4.69) is 34.2 Å². The highest BCUT2D eigenvalue weighted by Gasteiger charge is 2.17. The van der Waals surface area contributed by atoms with Crippen molar-refractivity contribution in [3.8, 4) is 10.4 Å². The molecule has 29 heavy (non-hydrogen) atoms. The van der Waals surface area contributed by atoms with Crippen molar-refractivity contribution in [3.05, 3.63) is 36.3 Å². The second-order valence-corrected chi connectivity index (χ2v) is 9.11. The fourth-order valence-corrected chi connectivity index (χ4v) is 3.83. The summed E-state index contributed by atoms with van der Waals surface area (Å²) in [4.78, 5) is 19.3. The first-order chi connectivity index (χ1) is 13.7. The second kappa shape index (κ2) is 8.92. The molecule has 0 radical (unpaired) electrons. The summed E-state index contributed by atoms with van der Waals surface area (Å²) >= 11 is 1.75. The van der Waals surface area contributed by atoms with E-state index in [0.717, 1.165) is 24.2 Å². The molecule has 0 saturated heterocycles. The lowest BCUT2D eigenvalue weighted by atomic mass is 10.2. The van der Waals surface area contributed by atoms with Crippen LogP contribution in [0.25, 0.3) is 20.7 Å². The van der Waals surface area contributed by atoms with Crippen LogP contribution in [0, 0.1) is 6.92 Å². The molecular weight excluding hydrogens is 388 g/mol. The van der Waals surface area contributed by atoms with E-state index in [1.54, 1.807) is 11.3 Å². The zero-order valence-corrected chi connectivity index (χ0v) is 18.5. The van der Waals surface area contributed by atoms with Crippen LogP contribution in [0.15, 0.2) is 30.7 Å². The fraction of sp³-hybridized carbons (Fsp3) is 0.476. The van der Waals surface area contributed by atoms with Crippen LogP contribution in [0.1, 0.15) is 26.3 Å². The average Bonchev–Trinajstić information content (AvgIpc) is 3.26. The van der Waals surface area contributed by atoms with Gasteiger partial charge in [0.15, 0.2) is 0 Å². The highest BCUT2D eigenvalue weighted by molar-refractivity contribution is 7.22. The van der Waals surface area contributed by atoms with Gasteiger partial charge in [-0.1, -0.05) is 0 Å². The number of carbonyl (C=O) groups excluding carboxylic acids is 1. The number of hydrogen-bond donors (Lipinski definition) is 0. The summed E-state index contributed by atoms with van der Waals surface area (Å²) < 4.78 is 13.4. The summed E-state index contributed by atoms with van der Waals surface area (Å²) in [7, 11) is 1.99. The number of nitrogens with zero attached hydrogens (tertiary/aromatic N) is 4. The standard InChI is InChI=1S/C21H28N4O3S/c1-15-6-7-22-17-12-18(29-19(15)17)16-13-23-25(14-16)9-8-24(5)10-11-27-20(26)28-21(2,3)4/h6-7,12-14H,8-11H2,1-5H3. The molecule has 0 atom stereocenters. The molecule has 0 spiro atoms. The van der Waals surface area contributed by atoms with Gasteiger partial charge in [0.25, 0.3) is 0 Å². The van der Waals surface area contributed by atoms with E-state index in [4.69, 9.17) is 9.47 Å². The Morgan fingerprint density at radius 3 is 2.83 bits per heavy atom. The predicted molar refractivity (Wildman–Crippen MR) is 115 cm³/mol. The maximum Gasteiger partial charge on any atom is 0.508 e. The summed E-state index contributed by atoms with van der Waals surface area (Å²) in [5.41, 5.74) is 2.84. The summed E-state index contributed by atoms with van der Waals surface area (Å²) in [5, 5.41) is 4.48. The largest absolute Gasteiger partial charge is 0.508 e. The maximum atomic E-state index is 11.6. The number of rotatable bonds is 7. The van der Waals surface area contributed by atoms with Crippen LogP contribution in [0.4, 0.5) is 4.79 Å². The lowest BCUT2D eigenvalue weighted by molar-refractivity contribution is -0.00954. The molecule has 0 aromatic carbocycles. The normalized spacial score (nSPS) is 11.9. The van der Waals surface area contributed by atoms with Crippen molar-refractivity contribution in [3.63, 3.8) is 0 Å². The predicted octanol–water partition coefficient (Wildman–Crippen LogP) is 4.35. The van der Waals surface area contributed by atoms with Crippen LogP contribution in [0.2, 0.25) is 0 Å². The van der Waals surface area contributed by atoms with Crippen LogP contribution in [0.5, 0.6) is 0 Å². The van der Waals surface area contributed by atoms with Crippen molar-refractivity contribution in [1.29, 1.82) is 0 Å². The fourth-order valence-electron chi connectivity index (χ4n) is 2.77. The molecule has 0 aliphatic rings. The summed E-state index contributed by atoms with van der Waals surface area (Å²) in [6.45, 7) is 10.0. The molecule has 0 saturated carbocycles. The van der Waals surface area contributed by atoms with E-state index < -0.39 is 11.8 Å². The number of aromatic nitrogens is 3. The summed E-state index contributed by atoms with van der Waals surface area (Å²) in [6.07, 6.45) is 5.17. The zero-order chi connectivity index (χ0) is 21.0. The first-order valence-electron chi connectivity index (χ1n) is 9.63. The minimum absolute atomic E-state index is 0.296. The van der Waals surface area contributed by atoms with Gasteiger partial charge in [0.05, 0.1) is 23.0 Å². The summed E-state index contributed by atoms with van der Waals surface area (Å²) in [6, 6.07) is 4.16. The van der Waals surface area contributed by atoms with Crippen molar-refractivity contribution in [2.75, 3.05) is 26.7 Å². The van der Waals surface area contributed by atoms with Gasteiger partial charge in [-0.3, -0.25) is 9.67 Å². The molecule has 3 heterocycles. The van der Waals surface area contributed by atoms with Gasteiger partial charge in [0.2, 0.25) is 0 Å². The summed E-state index contributed by atoms with van der Waals surface area (Å²) in [5.74, 6) is 0. The number of thiophene rings is 1.